The van der Waals surface area contributed by atoms with E-state index in [0.29, 0.717) is 18.7 Å². The van der Waals surface area contributed by atoms with Gasteiger partial charge in [-0.15, -0.1) is 0 Å². The number of carbonyl (C=O) groups excluding carboxylic acids is 2. The van der Waals surface area contributed by atoms with E-state index < -0.39 is 6.04 Å². The molecule has 1 atom stereocenters. The second-order valence-corrected chi connectivity index (χ2v) is 12.2. The van der Waals surface area contributed by atoms with E-state index in [1.807, 2.05) is 78.9 Å². The van der Waals surface area contributed by atoms with Gasteiger partial charge in [0, 0.05) is 19.0 Å². The van der Waals surface area contributed by atoms with E-state index in [1.165, 1.54) is 5.56 Å². The van der Waals surface area contributed by atoms with Gasteiger partial charge in [-0.3, -0.25) is 9.59 Å². The average Bonchev–Trinajstić information content (AvgIpc) is 3.43. The Morgan fingerprint density at radius 3 is 2.15 bits per heavy atom. The number of nitrogens with one attached hydrogen (secondary N) is 1. The van der Waals surface area contributed by atoms with E-state index in [-0.39, 0.29) is 29.9 Å². The first kappa shape index (κ1) is 28.9. The van der Waals surface area contributed by atoms with Crippen LogP contribution in [0.4, 0.5) is 0 Å². The van der Waals surface area contributed by atoms with Crippen LogP contribution < -0.4 is 10.1 Å². The van der Waals surface area contributed by atoms with Gasteiger partial charge in [-0.05, 0) is 63.0 Å². The van der Waals surface area contributed by atoms with Crippen molar-refractivity contribution in [1.29, 1.82) is 0 Å². The highest BCUT2D eigenvalue weighted by Gasteiger charge is 2.32. The number of ether oxygens (including phenoxy) is 1. The summed E-state index contributed by atoms with van der Waals surface area (Å²) in [4.78, 5) is 29.3. The summed E-state index contributed by atoms with van der Waals surface area (Å²) < 4.78 is 6.83. The van der Waals surface area contributed by atoms with Gasteiger partial charge in [0.25, 0.3) is 5.91 Å². The van der Waals surface area contributed by atoms with Crippen LogP contribution in [-0.4, -0.2) is 35.4 Å². The van der Waals surface area contributed by atoms with Gasteiger partial charge >= 0.3 is 0 Å². The van der Waals surface area contributed by atoms with Crippen molar-refractivity contribution >= 4 is 27.7 Å². The fourth-order valence-electron chi connectivity index (χ4n) is 5.01. The van der Waals surface area contributed by atoms with Gasteiger partial charge in [0.15, 0.2) is 6.61 Å². The van der Waals surface area contributed by atoms with E-state index in [0.717, 1.165) is 41.3 Å². The zero-order valence-corrected chi connectivity index (χ0v) is 24.7. The Labute approximate surface area is 241 Å². The van der Waals surface area contributed by atoms with Crippen molar-refractivity contribution in [2.45, 2.75) is 76.9 Å². The molecule has 1 saturated carbocycles. The molecule has 0 aliphatic heterocycles. The number of benzene rings is 3. The van der Waals surface area contributed by atoms with Crippen LogP contribution in [0, 0.1) is 0 Å². The third-order valence-corrected chi connectivity index (χ3v) is 7.94. The van der Waals surface area contributed by atoms with Crippen molar-refractivity contribution in [3.63, 3.8) is 0 Å². The Hall–Kier alpha value is -3.12. The maximum Gasteiger partial charge on any atom is 0.261 e. The summed E-state index contributed by atoms with van der Waals surface area (Å²) in [5.41, 5.74) is 3.15. The Morgan fingerprint density at radius 1 is 0.949 bits per heavy atom. The van der Waals surface area contributed by atoms with Crippen molar-refractivity contribution in [2.24, 2.45) is 0 Å². The zero-order chi connectivity index (χ0) is 27.8. The first-order valence-corrected chi connectivity index (χ1v) is 14.6. The summed E-state index contributed by atoms with van der Waals surface area (Å²) in [6.07, 6.45) is 4.65. The lowest BCUT2D eigenvalue weighted by Crippen LogP contribution is -2.53. The molecule has 0 bridgehead atoms. The minimum Gasteiger partial charge on any atom is -0.483 e. The van der Waals surface area contributed by atoms with E-state index in [2.05, 4.69) is 42.0 Å². The Balaban J connectivity index is 1.59. The van der Waals surface area contributed by atoms with Crippen LogP contribution in [-0.2, 0) is 28.0 Å². The molecule has 0 heterocycles. The van der Waals surface area contributed by atoms with Crippen LogP contribution in [0.15, 0.2) is 83.3 Å². The van der Waals surface area contributed by atoms with Gasteiger partial charge < -0.3 is 15.0 Å². The lowest BCUT2D eigenvalue weighted by atomic mass is 9.87. The van der Waals surface area contributed by atoms with Crippen LogP contribution >= 0.6 is 15.9 Å². The minimum absolute atomic E-state index is 0.000685. The number of hydrogen-bond donors (Lipinski definition) is 1. The summed E-state index contributed by atoms with van der Waals surface area (Å²) in [5.74, 6) is 0.268. The molecule has 4 rings (SSSR count). The topological polar surface area (TPSA) is 58.6 Å². The van der Waals surface area contributed by atoms with Gasteiger partial charge in [0.05, 0.1) is 4.47 Å². The summed E-state index contributed by atoms with van der Waals surface area (Å²) in [5, 5.41) is 3.24. The lowest BCUT2D eigenvalue weighted by molar-refractivity contribution is -0.143. The highest BCUT2D eigenvalue weighted by atomic mass is 79.9. The molecule has 1 fully saturated rings. The molecule has 3 aromatic rings. The Morgan fingerprint density at radius 2 is 1.56 bits per heavy atom. The van der Waals surface area contributed by atoms with Crippen LogP contribution in [0.2, 0.25) is 0 Å². The number of halogens is 1. The number of hydrogen-bond acceptors (Lipinski definition) is 3. The third-order valence-electron chi connectivity index (χ3n) is 7.32. The molecule has 0 saturated heterocycles. The molecule has 0 radical (unpaired) electrons. The van der Waals surface area contributed by atoms with Gasteiger partial charge in [-0.25, -0.2) is 0 Å². The van der Waals surface area contributed by atoms with Crippen molar-refractivity contribution in [2.75, 3.05) is 6.61 Å². The van der Waals surface area contributed by atoms with Gasteiger partial charge in [0.1, 0.15) is 11.8 Å². The molecule has 0 spiro atoms. The number of amides is 2. The minimum atomic E-state index is -0.656. The van der Waals surface area contributed by atoms with Gasteiger partial charge in [-0.2, -0.15) is 0 Å². The SMILES string of the molecule is CC(C)(C)c1ccc(OCC(=O)N(Cc2ccccc2)C(Cc2ccccc2)C(=O)NC2CCCC2)c(Br)c1. The Kier molecular flexibility index (Phi) is 9.84. The second kappa shape index (κ2) is 13.3. The van der Waals surface area contributed by atoms with Gasteiger partial charge in [-0.1, -0.05) is 100 Å². The fraction of sp³-hybridized carbons (Fsp3) is 0.394. The molecule has 5 nitrogen and oxygen atoms in total. The van der Waals surface area contributed by atoms with Crippen molar-refractivity contribution in [3.05, 3.63) is 100 Å². The van der Waals surface area contributed by atoms with Gasteiger partial charge in [0.2, 0.25) is 5.91 Å². The molecule has 1 N–H and O–H groups in total. The lowest BCUT2D eigenvalue weighted by Gasteiger charge is -2.32. The molecule has 3 aromatic carbocycles. The molecular weight excluding hydrogens is 552 g/mol. The molecular formula is C33H39BrN2O3. The summed E-state index contributed by atoms with van der Waals surface area (Å²) in [7, 11) is 0. The molecule has 1 aliphatic carbocycles. The first-order chi connectivity index (χ1) is 18.7. The number of carbonyl (C=O) groups is 2. The van der Waals surface area contributed by atoms with E-state index in [4.69, 9.17) is 4.74 Å². The van der Waals surface area contributed by atoms with Crippen molar-refractivity contribution < 1.29 is 14.3 Å². The normalized spacial score (nSPS) is 14.6. The van der Waals surface area contributed by atoms with Crippen molar-refractivity contribution in [3.8, 4) is 5.75 Å². The predicted octanol–water partition coefficient (Wildman–Crippen LogP) is 6.82. The number of nitrogens with zero attached hydrogens (tertiary/aromatic N) is 1. The molecule has 1 aliphatic rings. The smallest absolute Gasteiger partial charge is 0.261 e. The molecule has 6 heteroatoms. The summed E-state index contributed by atoms with van der Waals surface area (Å²) in [6, 6.07) is 25.2. The average molecular weight is 592 g/mol. The summed E-state index contributed by atoms with van der Waals surface area (Å²) in [6.45, 7) is 6.63. The molecule has 39 heavy (non-hydrogen) atoms. The summed E-state index contributed by atoms with van der Waals surface area (Å²) >= 11 is 3.61. The van der Waals surface area contributed by atoms with Crippen LogP contribution in [0.1, 0.15) is 63.1 Å². The molecule has 206 valence electrons. The van der Waals surface area contributed by atoms with Crippen LogP contribution in [0.3, 0.4) is 0 Å². The Bertz CT molecular complexity index is 1230. The van der Waals surface area contributed by atoms with E-state index in [9.17, 15) is 9.59 Å². The molecule has 1 unspecified atom stereocenters. The van der Waals surface area contributed by atoms with E-state index in [1.54, 1.807) is 4.90 Å². The quantitative estimate of drug-likeness (QED) is 0.282. The predicted molar refractivity (Wildman–Crippen MR) is 160 cm³/mol. The maximum absolute atomic E-state index is 13.8. The van der Waals surface area contributed by atoms with Crippen LogP contribution in [0.25, 0.3) is 0 Å². The monoisotopic (exact) mass is 590 g/mol. The largest absolute Gasteiger partial charge is 0.483 e. The number of rotatable bonds is 10. The fourth-order valence-corrected chi connectivity index (χ4v) is 5.50. The highest BCUT2D eigenvalue weighted by molar-refractivity contribution is 9.10. The van der Waals surface area contributed by atoms with E-state index >= 15 is 0 Å². The van der Waals surface area contributed by atoms with Crippen LogP contribution in [0.5, 0.6) is 5.75 Å². The highest BCUT2D eigenvalue weighted by Crippen LogP contribution is 2.31. The molecule has 0 aromatic heterocycles. The molecule has 2 amide bonds. The second-order valence-electron chi connectivity index (χ2n) is 11.4. The van der Waals surface area contributed by atoms with Crippen molar-refractivity contribution in [1.82, 2.24) is 10.2 Å². The third kappa shape index (κ3) is 8.18. The zero-order valence-electron chi connectivity index (χ0n) is 23.2. The first-order valence-electron chi connectivity index (χ1n) is 13.8. The standard InChI is InChI=1S/C33H39BrN2O3/c1-33(2,3)26-18-19-30(28(34)21-26)39-23-31(37)36(22-25-14-8-5-9-15-25)29(20-24-12-6-4-7-13-24)32(38)35-27-16-10-11-17-27/h4-9,12-15,18-19,21,27,29H,10-11,16-17,20,22-23H2,1-3H3,(H,35,38). The maximum atomic E-state index is 13.8.